The van der Waals surface area contributed by atoms with Gasteiger partial charge >= 0.3 is 5.97 Å². The number of benzene rings is 2. The second-order valence-corrected chi connectivity index (χ2v) is 8.55. The lowest BCUT2D eigenvalue weighted by molar-refractivity contribution is 0.0601. The molecule has 1 aliphatic rings. The predicted octanol–water partition coefficient (Wildman–Crippen LogP) is 5.29. The van der Waals surface area contributed by atoms with Crippen molar-refractivity contribution in [1.29, 1.82) is 0 Å². The van der Waals surface area contributed by atoms with Crippen LogP contribution in [0, 0.1) is 0 Å². The van der Waals surface area contributed by atoms with Gasteiger partial charge in [-0.25, -0.2) is 4.79 Å². The van der Waals surface area contributed by atoms with E-state index in [2.05, 4.69) is 17.4 Å². The highest BCUT2D eigenvalue weighted by atomic mass is 32.1. The highest BCUT2D eigenvalue weighted by molar-refractivity contribution is 7.17. The number of carbonyl (C=O) groups is 2. The van der Waals surface area contributed by atoms with Gasteiger partial charge in [0.15, 0.2) is 0 Å². The van der Waals surface area contributed by atoms with Crippen LogP contribution in [0.25, 0.3) is 0 Å². The molecule has 0 unspecified atom stereocenters. The number of methoxy groups -OCH3 is 1. The van der Waals surface area contributed by atoms with Gasteiger partial charge in [-0.1, -0.05) is 42.5 Å². The molecule has 0 saturated carbocycles. The zero-order valence-corrected chi connectivity index (χ0v) is 18.3. The molecule has 0 bridgehead atoms. The van der Waals surface area contributed by atoms with Crippen molar-refractivity contribution in [2.75, 3.05) is 19.0 Å². The Labute approximate surface area is 186 Å². The molecule has 0 radical (unpaired) electrons. The monoisotopic (exact) mass is 435 g/mol. The van der Waals surface area contributed by atoms with Crippen LogP contribution in [0.2, 0.25) is 0 Å². The Bertz CT molecular complexity index is 1070. The Morgan fingerprint density at radius 1 is 1.00 bits per heavy atom. The molecule has 5 nitrogen and oxygen atoms in total. The molecule has 0 saturated heterocycles. The van der Waals surface area contributed by atoms with Gasteiger partial charge in [0, 0.05) is 11.3 Å². The Balaban J connectivity index is 1.52. The number of ether oxygens (including phenoxy) is 2. The summed E-state index contributed by atoms with van der Waals surface area (Å²) in [7, 11) is 1.37. The number of esters is 1. The lowest BCUT2D eigenvalue weighted by Gasteiger charge is -2.13. The van der Waals surface area contributed by atoms with E-state index in [-0.39, 0.29) is 5.91 Å². The molecule has 3 aromatic rings. The fraction of sp³-hybridized carbons (Fsp3) is 0.280. The number of amides is 1. The van der Waals surface area contributed by atoms with Gasteiger partial charge in [0.1, 0.15) is 10.8 Å². The van der Waals surface area contributed by atoms with Crippen molar-refractivity contribution in [3.63, 3.8) is 0 Å². The maximum atomic E-state index is 13.1. The van der Waals surface area contributed by atoms with Gasteiger partial charge in [-0.3, -0.25) is 4.79 Å². The van der Waals surface area contributed by atoms with Crippen molar-refractivity contribution in [2.24, 2.45) is 0 Å². The second kappa shape index (κ2) is 9.79. The lowest BCUT2D eigenvalue weighted by Crippen LogP contribution is -2.16. The molecular formula is C25H25NO4S. The summed E-state index contributed by atoms with van der Waals surface area (Å²) >= 11 is 1.48. The average molecular weight is 436 g/mol. The van der Waals surface area contributed by atoms with E-state index < -0.39 is 5.97 Å². The van der Waals surface area contributed by atoms with Crippen molar-refractivity contribution in [2.45, 2.75) is 32.1 Å². The maximum absolute atomic E-state index is 13.1. The first-order valence-electron chi connectivity index (χ1n) is 10.5. The summed E-state index contributed by atoms with van der Waals surface area (Å²) in [6, 6.07) is 17.3. The number of aryl methyl sites for hydroxylation is 1. The molecule has 0 spiro atoms. The van der Waals surface area contributed by atoms with Crippen molar-refractivity contribution in [3.8, 4) is 5.75 Å². The summed E-state index contributed by atoms with van der Waals surface area (Å²) in [5.74, 6) is -0.168. The minimum absolute atomic E-state index is 0.293. The first-order valence-corrected chi connectivity index (χ1v) is 11.3. The highest BCUT2D eigenvalue weighted by Gasteiger charge is 2.27. The Kier molecular flexibility index (Phi) is 6.67. The molecule has 2 aromatic carbocycles. The molecule has 6 heteroatoms. The largest absolute Gasteiger partial charge is 0.492 e. The van der Waals surface area contributed by atoms with Crippen LogP contribution >= 0.6 is 11.3 Å². The molecule has 1 amide bonds. The van der Waals surface area contributed by atoms with E-state index in [1.807, 2.05) is 24.3 Å². The van der Waals surface area contributed by atoms with Gasteiger partial charge in [0.05, 0.1) is 24.8 Å². The zero-order valence-electron chi connectivity index (χ0n) is 17.5. The summed E-state index contributed by atoms with van der Waals surface area (Å²) in [5, 5.41) is 3.50. The van der Waals surface area contributed by atoms with Crippen LogP contribution < -0.4 is 10.1 Å². The second-order valence-electron chi connectivity index (χ2n) is 7.44. The molecule has 160 valence electrons. The van der Waals surface area contributed by atoms with Crippen LogP contribution in [0.3, 0.4) is 0 Å². The Morgan fingerprint density at radius 2 is 1.74 bits per heavy atom. The molecule has 1 N–H and O–H groups in total. The first kappa shape index (κ1) is 21.1. The minimum Gasteiger partial charge on any atom is -0.492 e. The molecule has 1 aromatic heterocycles. The number of fused-ring (bicyclic) bond motifs is 1. The molecule has 0 fully saturated rings. The molecular weight excluding hydrogens is 410 g/mol. The van der Waals surface area contributed by atoms with Crippen molar-refractivity contribution in [3.05, 3.63) is 81.7 Å². The van der Waals surface area contributed by atoms with E-state index in [4.69, 9.17) is 9.47 Å². The van der Waals surface area contributed by atoms with Crippen LogP contribution in [0.4, 0.5) is 5.00 Å². The normalized spacial score (nSPS) is 12.7. The Morgan fingerprint density at radius 3 is 2.55 bits per heavy atom. The van der Waals surface area contributed by atoms with Gasteiger partial charge in [-0.05, 0) is 48.9 Å². The smallest absolute Gasteiger partial charge is 0.341 e. The maximum Gasteiger partial charge on any atom is 0.341 e. The van der Waals surface area contributed by atoms with E-state index in [0.29, 0.717) is 28.5 Å². The van der Waals surface area contributed by atoms with Gasteiger partial charge in [0.2, 0.25) is 0 Å². The number of nitrogens with one attached hydrogen (secondary N) is 1. The van der Waals surface area contributed by atoms with E-state index in [0.717, 1.165) is 42.5 Å². The van der Waals surface area contributed by atoms with E-state index in [1.165, 1.54) is 24.0 Å². The summed E-state index contributed by atoms with van der Waals surface area (Å²) < 4.78 is 10.9. The number of carbonyl (C=O) groups excluding carboxylic acids is 2. The van der Waals surface area contributed by atoms with Crippen molar-refractivity contribution < 1.29 is 19.1 Å². The van der Waals surface area contributed by atoms with E-state index >= 15 is 0 Å². The summed E-state index contributed by atoms with van der Waals surface area (Å²) in [6.07, 6.45) is 4.66. The quantitative estimate of drug-likeness (QED) is 0.512. The van der Waals surface area contributed by atoms with Gasteiger partial charge in [0.25, 0.3) is 5.91 Å². The molecule has 31 heavy (non-hydrogen) atoms. The SMILES string of the molecule is COC(=O)c1c(NC(=O)c2ccccc2OCCc2ccccc2)sc2c1CCCC2. The van der Waals surface area contributed by atoms with Gasteiger partial charge < -0.3 is 14.8 Å². The fourth-order valence-corrected chi connectivity index (χ4v) is 5.12. The van der Waals surface area contributed by atoms with Crippen molar-refractivity contribution in [1.82, 2.24) is 0 Å². The number of anilines is 1. The number of thiophene rings is 1. The predicted molar refractivity (Wildman–Crippen MR) is 122 cm³/mol. The molecule has 0 aliphatic heterocycles. The third kappa shape index (κ3) is 4.80. The average Bonchev–Trinajstić information content (AvgIpc) is 3.17. The van der Waals surface area contributed by atoms with Crippen LogP contribution in [0.5, 0.6) is 5.75 Å². The number of para-hydroxylation sites is 1. The lowest BCUT2D eigenvalue weighted by atomic mass is 9.95. The van der Waals surface area contributed by atoms with Crippen molar-refractivity contribution >= 4 is 28.2 Å². The molecule has 0 atom stereocenters. The van der Waals surface area contributed by atoms with Gasteiger partial charge in [-0.2, -0.15) is 0 Å². The third-order valence-corrected chi connectivity index (χ3v) is 6.62. The topological polar surface area (TPSA) is 64.6 Å². The highest BCUT2D eigenvalue weighted by Crippen LogP contribution is 2.39. The molecule has 4 rings (SSSR count). The number of hydrogen-bond acceptors (Lipinski definition) is 5. The zero-order chi connectivity index (χ0) is 21.6. The molecule has 1 aliphatic carbocycles. The first-order chi connectivity index (χ1) is 15.2. The van der Waals surface area contributed by atoms with E-state index in [9.17, 15) is 9.59 Å². The summed E-state index contributed by atoms with van der Waals surface area (Å²) in [4.78, 5) is 26.7. The third-order valence-electron chi connectivity index (χ3n) is 5.41. The number of rotatable bonds is 7. The summed E-state index contributed by atoms with van der Waals surface area (Å²) in [5.41, 5.74) is 3.14. The number of hydrogen-bond donors (Lipinski definition) is 1. The molecule has 1 heterocycles. The van der Waals surface area contributed by atoms with Crippen LogP contribution in [-0.4, -0.2) is 25.6 Å². The van der Waals surface area contributed by atoms with Gasteiger partial charge in [-0.15, -0.1) is 11.3 Å². The van der Waals surface area contributed by atoms with Crippen LogP contribution in [-0.2, 0) is 24.0 Å². The van der Waals surface area contributed by atoms with Crippen LogP contribution in [0.15, 0.2) is 54.6 Å². The fourth-order valence-electron chi connectivity index (χ4n) is 3.85. The summed E-state index contributed by atoms with van der Waals surface area (Å²) in [6.45, 7) is 0.467. The standard InChI is InChI=1S/C25H25NO4S/c1-29-25(28)22-19-12-6-8-14-21(19)31-24(22)26-23(27)18-11-5-7-13-20(18)30-16-15-17-9-3-2-4-10-17/h2-5,7,9-11,13H,6,8,12,14-16H2,1H3,(H,26,27). The van der Waals surface area contributed by atoms with Crippen LogP contribution in [0.1, 0.15) is 49.6 Å². The Hall–Kier alpha value is -3.12. The minimum atomic E-state index is -0.401. The van der Waals surface area contributed by atoms with E-state index in [1.54, 1.807) is 18.2 Å².